The molecule has 0 saturated carbocycles. The fourth-order valence-electron chi connectivity index (χ4n) is 3.82. The van der Waals surface area contributed by atoms with Crippen LogP contribution in [0, 0.1) is 0 Å². The van der Waals surface area contributed by atoms with Crippen LogP contribution >= 0.6 is 11.6 Å². The number of aliphatic imine (C=N–C) groups is 1. The fraction of sp³-hybridized carbons (Fsp3) is 0.391. The van der Waals surface area contributed by atoms with Crippen LogP contribution in [0.4, 0.5) is 0 Å². The van der Waals surface area contributed by atoms with Gasteiger partial charge in [-0.25, -0.2) is 23.3 Å². The minimum absolute atomic E-state index is 0.0150. The van der Waals surface area contributed by atoms with Crippen molar-refractivity contribution >= 4 is 43.5 Å². The highest BCUT2D eigenvalue weighted by atomic mass is 35.5. The molecule has 0 aliphatic carbocycles. The number of primary sulfonamides is 1. The zero-order valence-electron chi connectivity index (χ0n) is 20.2. The highest BCUT2D eigenvalue weighted by molar-refractivity contribution is 7.89. The molecule has 0 aromatic heterocycles. The number of hydrogen-bond acceptors (Lipinski definition) is 6. The molecular weight excluding hydrogens is 524 g/mol. The van der Waals surface area contributed by atoms with Crippen LogP contribution in [0.5, 0.6) is 0 Å². The number of nitrogens with zero attached hydrogens (tertiary/aromatic N) is 4. The van der Waals surface area contributed by atoms with E-state index in [4.69, 9.17) is 21.8 Å². The molecule has 36 heavy (non-hydrogen) atoms. The summed E-state index contributed by atoms with van der Waals surface area (Å²) >= 11 is 6.08. The van der Waals surface area contributed by atoms with Gasteiger partial charge in [-0.15, -0.1) is 0 Å². The van der Waals surface area contributed by atoms with Gasteiger partial charge in [0.25, 0.3) is 0 Å². The number of hydrogen-bond donors (Lipinski definition) is 2. The zero-order valence-corrected chi connectivity index (χ0v) is 22.6. The lowest BCUT2D eigenvalue weighted by Crippen LogP contribution is -2.48. The van der Waals surface area contributed by atoms with Crippen molar-refractivity contribution in [2.24, 2.45) is 15.2 Å². The summed E-state index contributed by atoms with van der Waals surface area (Å²) in [4.78, 5) is 4.39. The molecule has 0 fully saturated rings. The Labute approximate surface area is 218 Å². The largest absolute Gasteiger partial charge is 0.303 e. The molecule has 3 N–H and O–H groups in total. The third-order valence-corrected chi connectivity index (χ3v) is 8.36. The molecule has 10 nitrogen and oxygen atoms in total. The van der Waals surface area contributed by atoms with E-state index in [-0.39, 0.29) is 43.7 Å². The lowest BCUT2D eigenvalue weighted by atomic mass is 9.91. The van der Waals surface area contributed by atoms with Crippen molar-refractivity contribution in [2.45, 2.75) is 26.2 Å². The molecule has 0 bridgehead atoms. The zero-order chi connectivity index (χ0) is 26.3. The second-order valence-corrected chi connectivity index (χ2v) is 12.0. The summed E-state index contributed by atoms with van der Waals surface area (Å²) in [5, 5.41) is 12.0. The molecule has 1 unspecified atom stereocenters. The summed E-state index contributed by atoms with van der Waals surface area (Å²) in [6, 6.07) is 17.0. The number of nitrogens with one attached hydrogen (secondary N) is 1. The van der Waals surface area contributed by atoms with Gasteiger partial charge in [-0.2, -0.15) is 17.8 Å². The number of hydrazone groups is 1. The van der Waals surface area contributed by atoms with E-state index in [2.05, 4.69) is 9.71 Å². The minimum Gasteiger partial charge on any atom is -0.251 e. The first-order valence-corrected chi connectivity index (χ1v) is 15.1. The van der Waals surface area contributed by atoms with Crippen LogP contribution in [0.2, 0.25) is 5.02 Å². The molecule has 13 heteroatoms. The highest BCUT2D eigenvalue weighted by Crippen LogP contribution is 2.29. The van der Waals surface area contributed by atoms with E-state index in [1.165, 1.54) is 9.31 Å². The van der Waals surface area contributed by atoms with Crippen LogP contribution in [0.3, 0.4) is 0 Å². The third-order valence-electron chi connectivity index (χ3n) is 5.61. The summed E-state index contributed by atoms with van der Waals surface area (Å²) in [5.74, 6) is -0.417. The van der Waals surface area contributed by atoms with Crippen molar-refractivity contribution in [3.8, 4) is 0 Å². The van der Waals surface area contributed by atoms with Gasteiger partial charge in [0.15, 0.2) is 0 Å². The van der Waals surface area contributed by atoms with Crippen LogP contribution in [-0.4, -0.2) is 69.8 Å². The molecule has 1 aliphatic rings. The lowest BCUT2D eigenvalue weighted by Gasteiger charge is -2.24. The Morgan fingerprint density at radius 2 is 1.75 bits per heavy atom. The van der Waals surface area contributed by atoms with Gasteiger partial charge >= 0.3 is 10.2 Å². The SMILES string of the molecule is CCN(CC)S(=O)(=O)NC(=NCCCS(N)(=O)=O)N1CC(c2ccccc2)C(c2ccc(Cl)cc2)=N1. The van der Waals surface area contributed by atoms with Gasteiger partial charge < -0.3 is 0 Å². The molecule has 0 amide bonds. The minimum atomic E-state index is -3.91. The maximum absolute atomic E-state index is 13.0. The smallest absolute Gasteiger partial charge is 0.251 e. The predicted molar refractivity (Wildman–Crippen MR) is 144 cm³/mol. The summed E-state index contributed by atoms with van der Waals surface area (Å²) in [6.45, 7) is 4.40. The third kappa shape index (κ3) is 7.50. The Morgan fingerprint density at radius 1 is 1.11 bits per heavy atom. The van der Waals surface area contributed by atoms with E-state index in [1.54, 1.807) is 26.0 Å². The van der Waals surface area contributed by atoms with Crippen molar-refractivity contribution in [3.63, 3.8) is 0 Å². The second kappa shape index (κ2) is 12.2. The van der Waals surface area contributed by atoms with Gasteiger partial charge in [0.05, 0.1) is 18.0 Å². The molecule has 2 aromatic rings. The van der Waals surface area contributed by atoms with Gasteiger partial charge in [-0.3, -0.25) is 4.99 Å². The molecule has 2 aromatic carbocycles. The molecule has 0 radical (unpaired) electrons. The molecule has 0 saturated heterocycles. The van der Waals surface area contributed by atoms with Gasteiger partial charge in [-0.1, -0.05) is 67.9 Å². The first-order valence-electron chi connectivity index (χ1n) is 11.5. The molecule has 1 aliphatic heterocycles. The standard InChI is InChI=1S/C23H31ClN6O4S2/c1-3-29(4-2)36(33,34)28-23(26-15-8-16-35(25,31)32)30-17-21(18-9-6-5-7-10-18)22(27-30)19-11-13-20(24)14-12-19/h5-7,9-14,21H,3-4,8,15-17H2,1-2H3,(H,26,28)(H2,25,31,32). The van der Waals surface area contributed by atoms with Crippen molar-refractivity contribution < 1.29 is 16.8 Å². The number of sulfonamides is 1. The van der Waals surface area contributed by atoms with Gasteiger partial charge in [-0.05, 0) is 29.7 Å². The Morgan fingerprint density at radius 3 is 2.33 bits per heavy atom. The summed E-state index contributed by atoms with van der Waals surface area (Å²) < 4.78 is 52.5. The van der Waals surface area contributed by atoms with Crippen molar-refractivity contribution in [1.82, 2.24) is 14.0 Å². The number of nitrogens with two attached hydrogens (primary N) is 1. The average molecular weight is 555 g/mol. The number of benzene rings is 2. The molecular formula is C23H31ClN6O4S2. The highest BCUT2D eigenvalue weighted by Gasteiger charge is 2.33. The van der Waals surface area contributed by atoms with Crippen LogP contribution in [0.25, 0.3) is 0 Å². The van der Waals surface area contributed by atoms with Crippen LogP contribution in [-0.2, 0) is 20.2 Å². The Balaban J connectivity index is 1.99. The monoisotopic (exact) mass is 554 g/mol. The van der Waals surface area contributed by atoms with E-state index in [0.717, 1.165) is 16.8 Å². The van der Waals surface area contributed by atoms with E-state index in [9.17, 15) is 16.8 Å². The van der Waals surface area contributed by atoms with E-state index in [1.807, 2.05) is 42.5 Å². The van der Waals surface area contributed by atoms with Gasteiger partial charge in [0.2, 0.25) is 16.0 Å². The fourth-order valence-corrected chi connectivity index (χ4v) is 5.69. The van der Waals surface area contributed by atoms with E-state index < -0.39 is 20.2 Å². The summed E-state index contributed by atoms with van der Waals surface area (Å²) in [7, 11) is -7.57. The normalized spacial score (nSPS) is 16.9. The Hall–Kier alpha value is -2.51. The van der Waals surface area contributed by atoms with Crippen LogP contribution in [0.1, 0.15) is 37.3 Å². The van der Waals surface area contributed by atoms with Gasteiger partial charge in [0, 0.05) is 30.6 Å². The Bertz CT molecular complexity index is 1300. The maximum Gasteiger partial charge on any atom is 0.303 e. The molecule has 3 rings (SSSR count). The molecule has 0 spiro atoms. The van der Waals surface area contributed by atoms with Crippen molar-refractivity contribution in [1.29, 1.82) is 0 Å². The molecule has 1 heterocycles. The number of guanidine groups is 1. The van der Waals surface area contributed by atoms with Crippen molar-refractivity contribution in [2.75, 3.05) is 31.9 Å². The maximum atomic E-state index is 13.0. The summed E-state index contributed by atoms with van der Waals surface area (Å²) in [6.07, 6.45) is 0.138. The van der Waals surface area contributed by atoms with E-state index >= 15 is 0 Å². The lowest BCUT2D eigenvalue weighted by molar-refractivity contribution is 0.429. The quantitative estimate of drug-likeness (QED) is 0.264. The first-order chi connectivity index (χ1) is 17.0. The number of halogens is 1. The first kappa shape index (κ1) is 28.1. The predicted octanol–water partition coefficient (Wildman–Crippen LogP) is 2.35. The van der Waals surface area contributed by atoms with Crippen LogP contribution < -0.4 is 9.86 Å². The average Bonchev–Trinajstić information content (AvgIpc) is 3.27. The number of rotatable bonds is 10. The van der Waals surface area contributed by atoms with Crippen molar-refractivity contribution in [3.05, 3.63) is 70.7 Å². The Kier molecular flexibility index (Phi) is 9.47. The molecule has 1 atom stereocenters. The second-order valence-electron chi connectivity index (χ2n) is 8.15. The topological polar surface area (TPSA) is 138 Å². The van der Waals surface area contributed by atoms with Crippen LogP contribution in [0.15, 0.2) is 64.7 Å². The molecule has 196 valence electrons. The van der Waals surface area contributed by atoms with E-state index in [0.29, 0.717) is 11.6 Å². The van der Waals surface area contributed by atoms with Gasteiger partial charge in [0.1, 0.15) is 0 Å². The summed E-state index contributed by atoms with van der Waals surface area (Å²) in [5.41, 5.74) is 2.59.